The second kappa shape index (κ2) is 7.82. The highest BCUT2D eigenvalue weighted by Crippen LogP contribution is 2.25. The summed E-state index contributed by atoms with van der Waals surface area (Å²) in [6, 6.07) is 13.9. The zero-order chi connectivity index (χ0) is 19.4. The molecule has 27 heavy (non-hydrogen) atoms. The molecule has 2 aromatic rings. The molecule has 0 bridgehead atoms. The topological polar surface area (TPSA) is 95.6 Å². The summed E-state index contributed by atoms with van der Waals surface area (Å²) in [6.45, 7) is 1.93. The van der Waals surface area contributed by atoms with Crippen LogP contribution in [0.1, 0.15) is 39.6 Å². The number of urea groups is 1. The van der Waals surface area contributed by atoms with Gasteiger partial charge in [0.05, 0.1) is 11.1 Å². The molecule has 0 radical (unpaired) electrons. The number of nitrogens with one attached hydrogen (secondary N) is 2. The first-order valence-electron chi connectivity index (χ1n) is 8.62. The van der Waals surface area contributed by atoms with Gasteiger partial charge in [-0.05, 0) is 24.1 Å². The Balaban J connectivity index is 1.65. The molecule has 0 saturated heterocycles. The van der Waals surface area contributed by atoms with Gasteiger partial charge in [0.25, 0.3) is 17.7 Å². The molecule has 2 aromatic carbocycles. The minimum atomic E-state index is -1.06. The number of fused-ring (bicyclic) bond motifs is 1. The Bertz CT molecular complexity index is 860. The van der Waals surface area contributed by atoms with Gasteiger partial charge in [-0.2, -0.15) is 0 Å². The molecular formula is C20H19N3O4. The quantitative estimate of drug-likeness (QED) is 0.793. The van der Waals surface area contributed by atoms with Crippen molar-refractivity contribution >= 4 is 23.8 Å². The highest BCUT2D eigenvalue weighted by Gasteiger charge is 2.42. The van der Waals surface area contributed by atoms with Crippen LogP contribution in [0.3, 0.4) is 0 Å². The SMILES string of the molecule is CCC(C(=O)NC(=O)NCc1ccccc1)N1C(=O)c2ccccc2C1=O. The minimum Gasteiger partial charge on any atom is -0.334 e. The van der Waals surface area contributed by atoms with Crippen LogP contribution in [0.15, 0.2) is 54.6 Å². The van der Waals surface area contributed by atoms with Crippen molar-refractivity contribution in [3.05, 3.63) is 71.3 Å². The third kappa shape index (κ3) is 3.72. The lowest BCUT2D eigenvalue weighted by molar-refractivity contribution is -0.124. The van der Waals surface area contributed by atoms with Crippen LogP contribution in [0.4, 0.5) is 4.79 Å². The van der Waals surface area contributed by atoms with Crippen LogP contribution in [-0.2, 0) is 11.3 Å². The molecule has 138 valence electrons. The van der Waals surface area contributed by atoms with Crippen LogP contribution < -0.4 is 10.6 Å². The minimum absolute atomic E-state index is 0.198. The van der Waals surface area contributed by atoms with Crippen LogP contribution in [0.5, 0.6) is 0 Å². The molecule has 1 heterocycles. The molecule has 7 heteroatoms. The fraction of sp³-hybridized carbons (Fsp3) is 0.200. The predicted octanol–water partition coefficient (Wildman–Crippen LogP) is 2.09. The lowest BCUT2D eigenvalue weighted by Gasteiger charge is -2.23. The Morgan fingerprint density at radius 1 is 0.926 bits per heavy atom. The highest BCUT2D eigenvalue weighted by atomic mass is 16.2. The fourth-order valence-electron chi connectivity index (χ4n) is 2.99. The highest BCUT2D eigenvalue weighted by molar-refractivity contribution is 6.23. The number of carbonyl (C=O) groups excluding carboxylic acids is 4. The predicted molar refractivity (Wildman–Crippen MR) is 97.8 cm³/mol. The van der Waals surface area contributed by atoms with Crippen molar-refractivity contribution < 1.29 is 19.2 Å². The monoisotopic (exact) mass is 365 g/mol. The number of hydrogen-bond acceptors (Lipinski definition) is 4. The van der Waals surface area contributed by atoms with E-state index in [2.05, 4.69) is 10.6 Å². The van der Waals surface area contributed by atoms with E-state index in [1.807, 2.05) is 30.3 Å². The smallest absolute Gasteiger partial charge is 0.321 e. The number of rotatable bonds is 5. The van der Waals surface area contributed by atoms with Crippen molar-refractivity contribution in [1.82, 2.24) is 15.5 Å². The zero-order valence-corrected chi connectivity index (χ0v) is 14.8. The van der Waals surface area contributed by atoms with E-state index in [9.17, 15) is 19.2 Å². The molecule has 0 spiro atoms. The Kier molecular flexibility index (Phi) is 5.30. The maximum Gasteiger partial charge on any atom is 0.321 e. The molecule has 0 saturated carbocycles. The van der Waals surface area contributed by atoms with E-state index >= 15 is 0 Å². The summed E-state index contributed by atoms with van der Waals surface area (Å²) in [4.78, 5) is 50.5. The van der Waals surface area contributed by atoms with Gasteiger partial charge >= 0.3 is 6.03 Å². The van der Waals surface area contributed by atoms with Crippen LogP contribution in [0, 0.1) is 0 Å². The number of nitrogens with zero attached hydrogens (tertiary/aromatic N) is 1. The van der Waals surface area contributed by atoms with Crippen LogP contribution in [0.2, 0.25) is 0 Å². The van der Waals surface area contributed by atoms with Crippen LogP contribution in [0.25, 0.3) is 0 Å². The number of hydrogen-bond donors (Lipinski definition) is 2. The van der Waals surface area contributed by atoms with Gasteiger partial charge in [0, 0.05) is 6.54 Å². The molecular weight excluding hydrogens is 346 g/mol. The average molecular weight is 365 g/mol. The third-order valence-electron chi connectivity index (χ3n) is 4.36. The van der Waals surface area contributed by atoms with E-state index < -0.39 is 29.8 Å². The van der Waals surface area contributed by atoms with Gasteiger partial charge in [0.1, 0.15) is 6.04 Å². The molecule has 0 aromatic heterocycles. The summed E-state index contributed by atoms with van der Waals surface area (Å²) < 4.78 is 0. The maximum atomic E-state index is 12.5. The first-order valence-corrected chi connectivity index (χ1v) is 8.62. The Morgan fingerprint density at radius 2 is 1.48 bits per heavy atom. The van der Waals surface area contributed by atoms with Gasteiger partial charge in [0.15, 0.2) is 0 Å². The van der Waals surface area contributed by atoms with Gasteiger partial charge in [0.2, 0.25) is 0 Å². The van der Waals surface area contributed by atoms with Crippen molar-refractivity contribution in [2.75, 3.05) is 0 Å². The molecule has 1 atom stereocenters. The molecule has 0 aliphatic carbocycles. The molecule has 5 amide bonds. The zero-order valence-electron chi connectivity index (χ0n) is 14.8. The summed E-state index contributed by atoms with van der Waals surface area (Å²) in [5, 5.41) is 4.79. The van der Waals surface area contributed by atoms with Crippen molar-refractivity contribution in [3.8, 4) is 0 Å². The molecule has 3 rings (SSSR count). The van der Waals surface area contributed by atoms with E-state index in [1.165, 1.54) is 0 Å². The fourth-order valence-corrected chi connectivity index (χ4v) is 2.99. The van der Waals surface area contributed by atoms with Gasteiger partial charge in [-0.25, -0.2) is 4.79 Å². The first kappa shape index (κ1) is 18.3. The lowest BCUT2D eigenvalue weighted by atomic mass is 10.1. The summed E-state index contributed by atoms with van der Waals surface area (Å²) in [7, 11) is 0. The molecule has 1 aliphatic rings. The molecule has 1 unspecified atom stereocenters. The Morgan fingerprint density at radius 3 is 2.04 bits per heavy atom. The van der Waals surface area contributed by atoms with E-state index in [1.54, 1.807) is 31.2 Å². The molecule has 1 aliphatic heterocycles. The van der Waals surface area contributed by atoms with E-state index in [4.69, 9.17) is 0 Å². The van der Waals surface area contributed by atoms with E-state index in [0.717, 1.165) is 10.5 Å². The van der Waals surface area contributed by atoms with Gasteiger partial charge in [-0.3, -0.25) is 24.6 Å². The van der Waals surface area contributed by atoms with Crippen molar-refractivity contribution in [1.29, 1.82) is 0 Å². The number of amides is 5. The second-order valence-corrected chi connectivity index (χ2v) is 6.11. The number of imide groups is 2. The van der Waals surface area contributed by atoms with Crippen LogP contribution >= 0.6 is 0 Å². The van der Waals surface area contributed by atoms with E-state index in [0.29, 0.717) is 0 Å². The largest absolute Gasteiger partial charge is 0.334 e. The summed E-state index contributed by atoms with van der Waals surface area (Å²) in [5.41, 5.74) is 1.41. The Hall–Kier alpha value is -3.48. The van der Waals surface area contributed by atoms with Crippen molar-refractivity contribution in [2.24, 2.45) is 0 Å². The molecule has 0 fully saturated rings. The van der Waals surface area contributed by atoms with Gasteiger partial charge in [-0.1, -0.05) is 49.4 Å². The molecule has 7 nitrogen and oxygen atoms in total. The van der Waals surface area contributed by atoms with E-state index in [-0.39, 0.29) is 24.1 Å². The third-order valence-corrected chi connectivity index (χ3v) is 4.36. The summed E-state index contributed by atoms with van der Waals surface area (Å²) in [6.07, 6.45) is 0.198. The summed E-state index contributed by atoms with van der Waals surface area (Å²) in [5.74, 6) is -1.75. The number of benzene rings is 2. The Labute approximate surface area is 156 Å². The van der Waals surface area contributed by atoms with Crippen molar-refractivity contribution in [3.63, 3.8) is 0 Å². The normalized spacial score (nSPS) is 13.9. The second-order valence-electron chi connectivity index (χ2n) is 6.11. The van der Waals surface area contributed by atoms with Gasteiger partial charge in [-0.15, -0.1) is 0 Å². The standard InChI is InChI=1S/C20H19N3O4/c1-2-16(23-18(25)14-10-6-7-11-15(14)19(23)26)17(24)22-20(27)21-12-13-8-4-3-5-9-13/h3-11,16H,2,12H2,1H3,(H2,21,22,24,27). The van der Waals surface area contributed by atoms with Crippen LogP contribution in [-0.4, -0.2) is 34.7 Å². The van der Waals surface area contributed by atoms with Gasteiger partial charge < -0.3 is 5.32 Å². The number of carbonyl (C=O) groups is 4. The average Bonchev–Trinajstić information content (AvgIpc) is 2.93. The summed E-state index contributed by atoms with van der Waals surface area (Å²) >= 11 is 0. The first-order chi connectivity index (χ1) is 13.0. The van der Waals surface area contributed by atoms with Crippen molar-refractivity contribution in [2.45, 2.75) is 25.9 Å². The maximum absolute atomic E-state index is 12.5. The molecule has 2 N–H and O–H groups in total. The lowest BCUT2D eigenvalue weighted by Crippen LogP contribution is -2.52.